The number of carbonyl (C=O) groups is 1. The van der Waals surface area contributed by atoms with Crippen molar-refractivity contribution in [1.29, 1.82) is 0 Å². The van der Waals surface area contributed by atoms with Gasteiger partial charge >= 0.3 is 0 Å². The maximum Gasteiger partial charge on any atom is 0.247 e. The van der Waals surface area contributed by atoms with Crippen molar-refractivity contribution >= 4 is 40.6 Å². The number of aryl methyl sites for hydroxylation is 1. The van der Waals surface area contributed by atoms with Gasteiger partial charge in [0.2, 0.25) is 17.8 Å². The molecule has 0 fully saturated rings. The number of anilines is 6. The molecule has 1 aliphatic rings. The molecule has 1 aromatic carbocycles. The van der Waals surface area contributed by atoms with Crippen LogP contribution in [-0.2, 0) is 10.2 Å². The van der Waals surface area contributed by atoms with Crippen LogP contribution in [0, 0.1) is 6.92 Å². The fourth-order valence-electron chi connectivity index (χ4n) is 4.50. The third kappa shape index (κ3) is 6.09. The number of ether oxygens (including phenoxy) is 1. The molecule has 3 aromatic rings. The van der Waals surface area contributed by atoms with Crippen molar-refractivity contribution in [3.05, 3.63) is 54.6 Å². The summed E-state index contributed by atoms with van der Waals surface area (Å²) in [5.74, 6) is 1.13. The monoisotopic (exact) mass is 531 g/mol. The fraction of sp³-hybridized carbons (Fsp3) is 0.393. The van der Waals surface area contributed by atoms with Crippen LogP contribution in [0.1, 0.15) is 25.2 Å². The second kappa shape index (κ2) is 11.2. The second-order valence-electron chi connectivity index (χ2n) is 10.5. The number of carbonyl (C=O) groups excluding carboxylic acids is 1. The number of nitrogens with one attached hydrogen (secondary N) is 2. The van der Waals surface area contributed by atoms with E-state index in [0.29, 0.717) is 35.6 Å². The number of rotatable bonds is 10. The number of fused-ring (bicyclic) bond motifs is 1. The van der Waals surface area contributed by atoms with Crippen molar-refractivity contribution in [2.75, 3.05) is 68.3 Å². The highest BCUT2D eigenvalue weighted by Gasteiger charge is 2.38. The smallest absolute Gasteiger partial charge is 0.247 e. The summed E-state index contributed by atoms with van der Waals surface area (Å²) in [6.45, 7) is 12.2. The number of hydrogen-bond acceptors (Lipinski definition) is 10. The van der Waals surface area contributed by atoms with Gasteiger partial charge in [-0.15, -0.1) is 0 Å². The van der Waals surface area contributed by atoms with Crippen LogP contribution in [0.3, 0.4) is 0 Å². The number of hydrogen-bond donors (Lipinski definition) is 2. The summed E-state index contributed by atoms with van der Waals surface area (Å²) in [5, 5.41) is 6.17. The summed E-state index contributed by atoms with van der Waals surface area (Å²) in [4.78, 5) is 36.8. The van der Waals surface area contributed by atoms with Gasteiger partial charge in [-0.2, -0.15) is 4.98 Å². The topological polar surface area (TPSA) is 112 Å². The zero-order valence-electron chi connectivity index (χ0n) is 23.7. The molecular weight excluding hydrogens is 494 g/mol. The molecular formula is C28H37N9O2. The van der Waals surface area contributed by atoms with Crippen molar-refractivity contribution in [2.24, 2.45) is 0 Å². The van der Waals surface area contributed by atoms with Crippen LogP contribution >= 0.6 is 0 Å². The average Bonchev–Trinajstić information content (AvgIpc) is 3.17. The van der Waals surface area contributed by atoms with Crippen molar-refractivity contribution in [3.8, 4) is 5.75 Å². The lowest BCUT2D eigenvalue weighted by atomic mass is 9.91. The van der Waals surface area contributed by atoms with Gasteiger partial charge in [0.05, 0.1) is 35.6 Å². The highest BCUT2D eigenvalue weighted by molar-refractivity contribution is 6.02. The van der Waals surface area contributed by atoms with Gasteiger partial charge < -0.3 is 30.1 Å². The summed E-state index contributed by atoms with van der Waals surface area (Å²) >= 11 is 0. The maximum atomic E-state index is 12.3. The van der Waals surface area contributed by atoms with Crippen LogP contribution < -0.4 is 25.2 Å². The first-order valence-corrected chi connectivity index (χ1v) is 12.8. The molecule has 3 heterocycles. The quantitative estimate of drug-likeness (QED) is 0.374. The van der Waals surface area contributed by atoms with E-state index < -0.39 is 0 Å². The highest BCUT2D eigenvalue weighted by Crippen LogP contribution is 2.42. The number of pyridine rings is 1. The summed E-state index contributed by atoms with van der Waals surface area (Å²) in [5.41, 5.74) is 4.84. The average molecular weight is 532 g/mol. The standard InChI is InChI=1S/C28H37N9O2/c1-9-24(38)32-19-14-20(23(39-8)15-22(19)36(7)13-12-35(5)6)33-26-29-17-30-27(34-26)37-16-28(3,4)25-21(37)11-10-18(2)31-25/h9-11,14-15,17H,1,12-13,16H2,2-8H3,(H,32,38)(H,29,30,33,34). The van der Waals surface area contributed by atoms with Gasteiger partial charge in [-0.25, -0.2) is 9.97 Å². The first-order chi connectivity index (χ1) is 18.5. The third-order valence-corrected chi connectivity index (χ3v) is 6.60. The predicted molar refractivity (Wildman–Crippen MR) is 156 cm³/mol. The minimum absolute atomic E-state index is 0.155. The first kappa shape index (κ1) is 27.8. The number of benzene rings is 1. The van der Waals surface area contributed by atoms with E-state index in [1.54, 1.807) is 7.11 Å². The van der Waals surface area contributed by atoms with E-state index >= 15 is 0 Å². The second-order valence-corrected chi connectivity index (χ2v) is 10.5. The highest BCUT2D eigenvalue weighted by atomic mass is 16.5. The predicted octanol–water partition coefficient (Wildman–Crippen LogP) is 3.88. The number of aromatic nitrogens is 4. The summed E-state index contributed by atoms with van der Waals surface area (Å²) < 4.78 is 5.71. The van der Waals surface area contributed by atoms with Crippen LogP contribution in [0.15, 0.2) is 43.2 Å². The summed E-state index contributed by atoms with van der Waals surface area (Å²) in [6, 6.07) is 7.75. The summed E-state index contributed by atoms with van der Waals surface area (Å²) in [6.07, 6.45) is 2.72. The summed E-state index contributed by atoms with van der Waals surface area (Å²) in [7, 11) is 7.61. The zero-order valence-corrected chi connectivity index (χ0v) is 23.7. The Kier molecular flexibility index (Phi) is 8.01. The molecule has 206 valence electrons. The van der Waals surface area contributed by atoms with Gasteiger partial charge in [0.25, 0.3) is 0 Å². The van der Waals surface area contributed by atoms with Crippen molar-refractivity contribution in [1.82, 2.24) is 24.8 Å². The van der Waals surface area contributed by atoms with Gasteiger partial charge in [0.15, 0.2) is 0 Å². The van der Waals surface area contributed by atoms with E-state index in [0.717, 1.165) is 35.9 Å². The normalized spacial score (nSPS) is 13.7. The van der Waals surface area contributed by atoms with Gasteiger partial charge in [0, 0.05) is 43.9 Å². The number of methoxy groups -OCH3 is 1. The molecule has 0 saturated heterocycles. The van der Waals surface area contributed by atoms with Crippen LogP contribution in [0.25, 0.3) is 0 Å². The molecule has 11 heteroatoms. The Morgan fingerprint density at radius 3 is 2.62 bits per heavy atom. The van der Waals surface area contributed by atoms with Crippen LogP contribution in [0.4, 0.5) is 34.6 Å². The minimum atomic E-state index is -0.310. The Balaban J connectivity index is 1.68. The van der Waals surface area contributed by atoms with Crippen molar-refractivity contribution in [3.63, 3.8) is 0 Å². The molecule has 0 unspecified atom stereocenters. The van der Waals surface area contributed by atoms with E-state index in [2.05, 4.69) is 61.8 Å². The number of likely N-dealkylation sites (N-methyl/N-ethyl adjacent to an activating group) is 2. The van der Waals surface area contributed by atoms with E-state index in [4.69, 9.17) is 14.7 Å². The molecule has 1 amide bonds. The Labute approximate surface area is 229 Å². The van der Waals surface area contributed by atoms with E-state index in [9.17, 15) is 4.79 Å². The lowest BCUT2D eigenvalue weighted by Crippen LogP contribution is -2.29. The SMILES string of the molecule is C=CC(=O)Nc1cc(Nc2ncnc(N3CC(C)(C)c4nc(C)ccc43)n2)c(OC)cc1N(C)CCN(C)C. The molecule has 0 saturated carbocycles. The number of nitrogens with zero attached hydrogens (tertiary/aromatic N) is 7. The Bertz CT molecular complexity index is 1370. The molecule has 0 radical (unpaired) electrons. The van der Waals surface area contributed by atoms with Gasteiger partial charge in [-0.3, -0.25) is 9.78 Å². The lowest BCUT2D eigenvalue weighted by Gasteiger charge is -2.26. The molecule has 0 bridgehead atoms. The van der Waals surface area contributed by atoms with Crippen LogP contribution in [0.5, 0.6) is 5.75 Å². The Morgan fingerprint density at radius 2 is 1.92 bits per heavy atom. The molecule has 0 aliphatic carbocycles. The van der Waals surface area contributed by atoms with Crippen molar-refractivity contribution in [2.45, 2.75) is 26.2 Å². The molecule has 39 heavy (non-hydrogen) atoms. The first-order valence-electron chi connectivity index (χ1n) is 12.8. The molecule has 2 N–H and O–H groups in total. The number of amides is 1. The van der Waals surface area contributed by atoms with Gasteiger partial charge in [0.1, 0.15) is 12.1 Å². The molecule has 2 aromatic heterocycles. The Morgan fingerprint density at radius 1 is 1.15 bits per heavy atom. The van der Waals surface area contributed by atoms with Crippen LogP contribution in [-0.4, -0.2) is 78.6 Å². The lowest BCUT2D eigenvalue weighted by molar-refractivity contribution is -0.111. The minimum Gasteiger partial charge on any atom is -0.494 e. The van der Waals surface area contributed by atoms with E-state index in [-0.39, 0.29) is 11.3 Å². The molecule has 0 spiro atoms. The fourth-order valence-corrected chi connectivity index (χ4v) is 4.50. The molecule has 1 aliphatic heterocycles. The largest absolute Gasteiger partial charge is 0.494 e. The zero-order chi connectivity index (χ0) is 28.3. The maximum absolute atomic E-state index is 12.3. The molecule has 0 atom stereocenters. The molecule has 11 nitrogen and oxygen atoms in total. The molecule has 4 rings (SSSR count). The van der Waals surface area contributed by atoms with Gasteiger partial charge in [-0.05, 0) is 45.3 Å². The third-order valence-electron chi connectivity index (χ3n) is 6.60. The van der Waals surface area contributed by atoms with Crippen molar-refractivity contribution < 1.29 is 9.53 Å². The van der Waals surface area contributed by atoms with Crippen LogP contribution in [0.2, 0.25) is 0 Å². The van der Waals surface area contributed by atoms with E-state index in [1.807, 2.05) is 46.3 Å². The van der Waals surface area contributed by atoms with Gasteiger partial charge in [-0.1, -0.05) is 20.4 Å². The van der Waals surface area contributed by atoms with E-state index in [1.165, 1.54) is 12.4 Å². The Hall–Kier alpha value is -4.25.